The molecule has 17 heavy (non-hydrogen) atoms. The number of carbonyl (C=O) groups excluding carboxylic acids is 1. The molecule has 0 aromatic heterocycles. The van der Waals surface area contributed by atoms with Crippen LogP contribution in [0.3, 0.4) is 0 Å². The zero-order chi connectivity index (χ0) is 12.9. The van der Waals surface area contributed by atoms with Crippen LogP contribution in [0.1, 0.15) is 59.3 Å². The van der Waals surface area contributed by atoms with Crippen molar-refractivity contribution in [2.75, 3.05) is 13.1 Å². The number of hydrogen-bond donors (Lipinski definition) is 1. The predicted molar refractivity (Wildman–Crippen MR) is 71.7 cm³/mol. The summed E-state index contributed by atoms with van der Waals surface area (Å²) in [5.41, 5.74) is 5.73. The van der Waals surface area contributed by atoms with Gasteiger partial charge in [-0.3, -0.25) is 4.79 Å². The van der Waals surface area contributed by atoms with Gasteiger partial charge in [0.1, 0.15) is 0 Å². The zero-order valence-corrected chi connectivity index (χ0v) is 11.7. The van der Waals surface area contributed by atoms with Gasteiger partial charge in [0.15, 0.2) is 0 Å². The van der Waals surface area contributed by atoms with Crippen LogP contribution in [0.4, 0.5) is 0 Å². The van der Waals surface area contributed by atoms with Crippen molar-refractivity contribution >= 4 is 5.91 Å². The Labute approximate surface area is 106 Å². The normalized spacial score (nSPS) is 18.5. The monoisotopic (exact) mass is 240 g/mol. The lowest BCUT2D eigenvalue weighted by Gasteiger charge is -2.37. The van der Waals surface area contributed by atoms with Gasteiger partial charge < -0.3 is 10.6 Å². The maximum Gasteiger partial charge on any atom is 0.242 e. The van der Waals surface area contributed by atoms with Crippen molar-refractivity contribution in [3.63, 3.8) is 0 Å². The van der Waals surface area contributed by atoms with Gasteiger partial charge in [-0.05, 0) is 31.6 Å². The third-order valence-corrected chi connectivity index (χ3v) is 3.89. The van der Waals surface area contributed by atoms with Crippen LogP contribution in [0, 0.1) is 5.92 Å². The Morgan fingerprint density at radius 1 is 1.24 bits per heavy atom. The summed E-state index contributed by atoms with van der Waals surface area (Å²) in [6.45, 7) is 8.25. The number of hydrogen-bond acceptors (Lipinski definition) is 2. The standard InChI is InChI=1S/C14H28N2O/c1-4-8-14(15,9-5-2)13(17)16-10-6-12(3)7-11-16/h12H,4-11,15H2,1-3H3. The molecule has 100 valence electrons. The second-order valence-electron chi connectivity index (χ2n) is 5.63. The molecule has 0 aromatic rings. The molecule has 0 aromatic carbocycles. The molecule has 1 fully saturated rings. The Bertz CT molecular complexity index is 239. The third kappa shape index (κ3) is 3.70. The van der Waals surface area contributed by atoms with E-state index in [4.69, 9.17) is 5.73 Å². The first kappa shape index (κ1) is 14.5. The number of carbonyl (C=O) groups is 1. The average molecular weight is 240 g/mol. The molecule has 1 amide bonds. The lowest BCUT2D eigenvalue weighted by atomic mass is 9.87. The second-order valence-corrected chi connectivity index (χ2v) is 5.63. The molecule has 1 rings (SSSR count). The minimum atomic E-state index is -0.607. The fraction of sp³-hybridized carbons (Fsp3) is 0.929. The second kappa shape index (κ2) is 6.39. The highest BCUT2D eigenvalue weighted by atomic mass is 16.2. The van der Waals surface area contributed by atoms with Crippen LogP contribution < -0.4 is 5.73 Å². The third-order valence-electron chi connectivity index (χ3n) is 3.89. The van der Waals surface area contributed by atoms with E-state index in [-0.39, 0.29) is 5.91 Å². The van der Waals surface area contributed by atoms with E-state index >= 15 is 0 Å². The highest BCUT2D eigenvalue weighted by Gasteiger charge is 2.36. The highest BCUT2D eigenvalue weighted by molar-refractivity contribution is 5.86. The fourth-order valence-corrected chi connectivity index (χ4v) is 2.76. The van der Waals surface area contributed by atoms with Crippen LogP contribution in [0.15, 0.2) is 0 Å². The van der Waals surface area contributed by atoms with Gasteiger partial charge in [-0.2, -0.15) is 0 Å². The van der Waals surface area contributed by atoms with Crippen LogP contribution in [0.25, 0.3) is 0 Å². The Morgan fingerprint density at radius 2 is 1.71 bits per heavy atom. The van der Waals surface area contributed by atoms with Gasteiger partial charge in [0.25, 0.3) is 0 Å². The minimum absolute atomic E-state index is 0.188. The Morgan fingerprint density at radius 3 is 2.12 bits per heavy atom. The first-order chi connectivity index (χ1) is 8.03. The molecule has 0 saturated carbocycles. The van der Waals surface area contributed by atoms with Crippen molar-refractivity contribution in [1.82, 2.24) is 4.90 Å². The van der Waals surface area contributed by atoms with Gasteiger partial charge >= 0.3 is 0 Å². The van der Waals surface area contributed by atoms with E-state index in [0.717, 1.165) is 57.5 Å². The van der Waals surface area contributed by atoms with Crippen molar-refractivity contribution in [3.8, 4) is 0 Å². The molecule has 0 radical (unpaired) electrons. The van der Waals surface area contributed by atoms with Gasteiger partial charge in [-0.15, -0.1) is 0 Å². The van der Waals surface area contributed by atoms with E-state index in [1.54, 1.807) is 0 Å². The molecule has 1 saturated heterocycles. The molecular formula is C14H28N2O. The van der Waals surface area contributed by atoms with E-state index in [9.17, 15) is 4.79 Å². The number of nitrogens with two attached hydrogens (primary N) is 1. The van der Waals surface area contributed by atoms with Gasteiger partial charge in [0.05, 0.1) is 5.54 Å². The van der Waals surface area contributed by atoms with Gasteiger partial charge in [-0.25, -0.2) is 0 Å². The molecule has 3 nitrogen and oxygen atoms in total. The van der Waals surface area contributed by atoms with Crippen molar-refractivity contribution in [3.05, 3.63) is 0 Å². The van der Waals surface area contributed by atoms with E-state index in [2.05, 4.69) is 20.8 Å². The predicted octanol–water partition coefficient (Wildman–Crippen LogP) is 2.54. The smallest absolute Gasteiger partial charge is 0.242 e. The number of nitrogens with zero attached hydrogens (tertiary/aromatic N) is 1. The molecule has 0 aliphatic carbocycles. The number of rotatable bonds is 5. The summed E-state index contributed by atoms with van der Waals surface area (Å²) in [5, 5.41) is 0. The van der Waals surface area contributed by atoms with Crippen molar-refractivity contribution in [2.45, 2.75) is 64.8 Å². The van der Waals surface area contributed by atoms with Crippen LogP contribution in [-0.4, -0.2) is 29.4 Å². The van der Waals surface area contributed by atoms with E-state index in [1.165, 1.54) is 0 Å². The van der Waals surface area contributed by atoms with Crippen molar-refractivity contribution < 1.29 is 4.79 Å². The Hall–Kier alpha value is -0.570. The molecule has 1 aliphatic heterocycles. The van der Waals surface area contributed by atoms with Crippen molar-refractivity contribution in [1.29, 1.82) is 0 Å². The number of amides is 1. The summed E-state index contributed by atoms with van der Waals surface area (Å²) in [7, 11) is 0. The average Bonchev–Trinajstić information content (AvgIpc) is 2.30. The quantitative estimate of drug-likeness (QED) is 0.802. The summed E-state index contributed by atoms with van der Waals surface area (Å²) in [4.78, 5) is 14.5. The summed E-state index contributed by atoms with van der Waals surface area (Å²) >= 11 is 0. The minimum Gasteiger partial charge on any atom is -0.341 e. The Balaban J connectivity index is 2.64. The molecular weight excluding hydrogens is 212 g/mol. The number of piperidine rings is 1. The maximum absolute atomic E-state index is 12.5. The van der Waals surface area contributed by atoms with Gasteiger partial charge in [0.2, 0.25) is 5.91 Å². The fourth-order valence-electron chi connectivity index (χ4n) is 2.76. The molecule has 0 spiro atoms. The van der Waals surface area contributed by atoms with E-state index in [1.807, 2.05) is 4.90 Å². The summed E-state index contributed by atoms with van der Waals surface area (Å²) in [6.07, 6.45) is 5.83. The molecule has 0 bridgehead atoms. The van der Waals surface area contributed by atoms with E-state index in [0.29, 0.717) is 0 Å². The maximum atomic E-state index is 12.5. The first-order valence-corrected chi connectivity index (χ1v) is 7.11. The van der Waals surface area contributed by atoms with Gasteiger partial charge in [0, 0.05) is 13.1 Å². The summed E-state index contributed by atoms with van der Waals surface area (Å²) in [6, 6.07) is 0. The highest BCUT2D eigenvalue weighted by Crippen LogP contribution is 2.23. The lowest BCUT2D eigenvalue weighted by molar-refractivity contribution is -0.139. The van der Waals surface area contributed by atoms with Crippen LogP contribution >= 0.6 is 0 Å². The van der Waals surface area contributed by atoms with E-state index < -0.39 is 5.54 Å². The van der Waals surface area contributed by atoms with Crippen LogP contribution in [0.2, 0.25) is 0 Å². The van der Waals surface area contributed by atoms with Crippen LogP contribution in [0.5, 0.6) is 0 Å². The SMILES string of the molecule is CCCC(N)(CCC)C(=O)N1CCC(C)CC1. The number of likely N-dealkylation sites (tertiary alicyclic amines) is 1. The van der Waals surface area contributed by atoms with Crippen molar-refractivity contribution in [2.24, 2.45) is 11.7 Å². The van der Waals surface area contributed by atoms with Crippen LogP contribution in [-0.2, 0) is 4.79 Å². The topological polar surface area (TPSA) is 46.3 Å². The molecule has 0 atom stereocenters. The molecule has 2 N–H and O–H groups in total. The summed E-state index contributed by atoms with van der Waals surface area (Å²) in [5.74, 6) is 0.941. The first-order valence-electron chi connectivity index (χ1n) is 7.11. The lowest BCUT2D eigenvalue weighted by Crippen LogP contribution is -2.56. The molecule has 0 unspecified atom stereocenters. The Kier molecular flexibility index (Phi) is 5.44. The largest absolute Gasteiger partial charge is 0.341 e. The zero-order valence-electron chi connectivity index (χ0n) is 11.7. The molecule has 1 aliphatic rings. The van der Waals surface area contributed by atoms with Gasteiger partial charge in [-0.1, -0.05) is 33.6 Å². The molecule has 1 heterocycles. The summed E-state index contributed by atoms with van der Waals surface area (Å²) < 4.78 is 0. The molecule has 3 heteroatoms.